The van der Waals surface area contributed by atoms with E-state index in [-0.39, 0.29) is 5.82 Å². The van der Waals surface area contributed by atoms with Gasteiger partial charge < -0.3 is 0 Å². The molecular weight excluding hydrogens is 292 g/mol. The second-order valence-corrected chi connectivity index (χ2v) is 5.19. The van der Waals surface area contributed by atoms with Gasteiger partial charge in [-0.3, -0.25) is 4.90 Å². The van der Waals surface area contributed by atoms with Crippen molar-refractivity contribution >= 4 is 27.5 Å². The first-order valence-electron chi connectivity index (χ1n) is 5.28. The molecule has 0 bridgehead atoms. The molecule has 0 aromatic heterocycles. The van der Waals surface area contributed by atoms with E-state index in [9.17, 15) is 4.39 Å². The first kappa shape index (κ1) is 13.9. The van der Waals surface area contributed by atoms with Crippen molar-refractivity contribution in [2.45, 2.75) is 26.4 Å². The minimum Gasteiger partial charge on any atom is -0.296 e. The number of hydrogen-bond acceptors (Lipinski definition) is 1. The number of halogens is 3. The molecule has 0 fully saturated rings. The third-order valence-electron chi connectivity index (χ3n) is 2.48. The highest BCUT2D eigenvalue weighted by atomic mass is 79.9. The minimum absolute atomic E-state index is 0.234. The Hall–Kier alpha value is -0.120. The summed E-state index contributed by atoms with van der Waals surface area (Å²) in [4.78, 5) is 2.25. The predicted molar refractivity (Wildman–Crippen MR) is 70.8 cm³/mol. The average Bonchev–Trinajstić information content (AvgIpc) is 2.22. The van der Waals surface area contributed by atoms with Crippen LogP contribution in [0.5, 0.6) is 0 Å². The van der Waals surface area contributed by atoms with E-state index in [0.717, 1.165) is 17.4 Å². The minimum atomic E-state index is -0.234. The number of benzene rings is 1. The Labute approximate surface area is 110 Å². The van der Waals surface area contributed by atoms with Gasteiger partial charge in [-0.1, -0.05) is 27.5 Å². The number of nitrogens with zero attached hydrogens (tertiary/aromatic N) is 1. The molecule has 1 rings (SSSR count). The van der Waals surface area contributed by atoms with Gasteiger partial charge in [0.2, 0.25) is 0 Å². The normalized spacial score (nSPS) is 11.4. The zero-order valence-corrected chi connectivity index (χ0v) is 11.9. The van der Waals surface area contributed by atoms with E-state index in [1.807, 2.05) is 0 Å². The lowest BCUT2D eigenvalue weighted by Crippen LogP contribution is -2.32. The Morgan fingerprint density at radius 1 is 1.44 bits per heavy atom. The zero-order chi connectivity index (χ0) is 12.1. The summed E-state index contributed by atoms with van der Waals surface area (Å²) in [5.41, 5.74) is 0.844. The van der Waals surface area contributed by atoms with Crippen molar-refractivity contribution in [3.63, 3.8) is 0 Å². The van der Waals surface area contributed by atoms with Crippen molar-refractivity contribution < 1.29 is 4.39 Å². The smallest absolute Gasteiger partial charge is 0.123 e. The summed E-state index contributed by atoms with van der Waals surface area (Å²) in [6.45, 7) is 5.84. The molecule has 0 aliphatic heterocycles. The molecule has 0 amide bonds. The van der Waals surface area contributed by atoms with Crippen LogP contribution in [-0.4, -0.2) is 22.8 Å². The first-order chi connectivity index (χ1) is 7.54. The van der Waals surface area contributed by atoms with Gasteiger partial charge in [-0.2, -0.15) is 0 Å². The van der Waals surface area contributed by atoms with E-state index in [2.05, 4.69) is 34.7 Å². The van der Waals surface area contributed by atoms with E-state index in [4.69, 9.17) is 11.6 Å². The molecule has 0 heterocycles. The molecule has 90 valence electrons. The van der Waals surface area contributed by atoms with E-state index in [1.165, 1.54) is 12.1 Å². The molecule has 1 aromatic rings. The fraction of sp³-hybridized carbons (Fsp3) is 0.500. The van der Waals surface area contributed by atoms with Gasteiger partial charge in [0, 0.05) is 29.5 Å². The third-order valence-corrected chi connectivity index (χ3v) is 3.21. The summed E-state index contributed by atoms with van der Waals surface area (Å²) < 4.78 is 13.1. The fourth-order valence-corrected chi connectivity index (χ4v) is 2.14. The molecular formula is C12H16BrClFN. The molecule has 0 aliphatic carbocycles. The highest BCUT2D eigenvalue weighted by Crippen LogP contribution is 2.19. The molecule has 0 atom stereocenters. The quantitative estimate of drug-likeness (QED) is 0.741. The molecule has 1 nitrogen and oxygen atoms in total. The monoisotopic (exact) mass is 307 g/mol. The maximum absolute atomic E-state index is 13.1. The molecule has 0 saturated heterocycles. The molecule has 1 aromatic carbocycles. The lowest BCUT2D eigenvalue weighted by molar-refractivity contribution is 0.227. The SMILES string of the molecule is CC(C)N(CCBr)Cc1cc(F)ccc1Cl. The van der Waals surface area contributed by atoms with Crippen molar-refractivity contribution in [3.05, 3.63) is 34.6 Å². The van der Waals surface area contributed by atoms with E-state index in [0.29, 0.717) is 17.6 Å². The van der Waals surface area contributed by atoms with Crippen molar-refractivity contribution in [1.82, 2.24) is 4.90 Å². The molecule has 0 N–H and O–H groups in total. The maximum atomic E-state index is 13.1. The molecule has 0 aliphatic rings. The van der Waals surface area contributed by atoms with Crippen LogP contribution in [-0.2, 0) is 6.54 Å². The zero-order valence-electron chi connectivity index (χ0n) is 9.51. The van der Waals surface area contributed by atoms with Gasteiger partial charge in [-0.05, 0) is 37.6 Å². The molecule has 0 unspecified atom stereocenters. The largest absolute Gasteiger partial charge is 0.296 e. The highest BCUT2D eigenvalue weighted by molar-refractivity contribution is 9.09. The van der Waals surface area contributed by atoms with Crippen molar-refractivity contribution in [1.29, 1.82) is 0 Å². The standard InChI is InChI=1S/C12H16BrClFN/c1-9(2)16(6-5-13)8-10-7-11(15)3-4-12(10)14/h3-4,7,9H,5-6,8H2,1-2H3. The second-order valence-electron chi connectivity index (χ2n) is 3.99. The second kappa shape index (κ2) is 6.58. The Kier molecular flexibility index (Phi) is 5.73. The van der Waals surface area contributed by atoms with Gasteiger partial charge in [-0.15, -0.1) is 0 Å². The van der Waals surface area contributed by atoms with E-state index >= 15 is 0 Å². The Morgan fingerprint density at radius 3 is 2.69 bits per heavy atom. The first-order valence-corrected chi connectivity index (χ1v) is 6.78. The summed E-state index contributed by atoms with van der Waals surface area (Å²) in [6, 6.07) is 4.91. The topological polar surface area (TPSA) is 3.24 Å². The average molecular weight is 309 g/mol. The lowest BCUT2D eigenvalue weighted by atomic mass is 10.2. The lowest BCUT2D eigenvalue weighted by Gasteiger charge is -2.26. The predicted octanol–water partition coefficient (Wildman–Crippen LogP) is 4.08. The Morgan fingerprint density at radius 2 is 2.12 bits per heavy atom. The van der Waals surface area contributed by atoms with Crippen molar-refractivity contribution in [2.75, 3.05) is 11.9 Å². The van der Waals surface area contributed by atoms with Crippen molar-refractivity contribution in [3.8, 4) is 0 Å². The fourth-order valence-electron chi connectivity index (χ4n) is 1.51. The van der Waals surface area contributed by atoms with Crippen LogP contribution in [0.3, 0.4) is 0 Å². The summed E-state index contributed by atoms with van der Waals surface area (Å²) in [7, 11) is 0. The van der Waals surface area contributed by atoms with Gasteiger partial charge >= 0.3 is 0 Å². The molecule has 4 heteroatoms. The van der Waals surface area contributed by atoms with Crippen LogP contribution in [0.2, 0.25) is 5.02 Å². The number of hydrogen-bond donors (Lipinski definition) is 0. The van der Waals surface area contributed by atoms with Gasteiger partial charge in [0.15, 0.2) is 0 Å². The van der Waals surface area contributed by atoms with Crippen LogP contribution in [0.4, 0.5) is 4.39 Å². The van der Waals surface area contributed by atoms with Crippen LogP contribution in [0.1, 0.15) is 19.4 Å². The van der Waals surface area contributed by atoms with Crippen LogP contribution in [0.25, 0.3) is 0 Å². The van der Waals surface area contributed by atoms with Gasteiger partial charge in [0.05, 0.1) is 0 Å². The summed E-state index contributed by atoms with van der Waals surface area (Å²) in [5, 5.41) is 1.53. The maximum Gasteiger partial charge on any atom is 0.123 e. The van der Waals surface area contributed by atoms with Gasteiger partial charge in [-0.25, -0.2) is 4.39 Å². The van der Waals surface area contributed by atoms with Crippen LogP contribution < -0.4 is 0 Å². The van der Waals surface area contributed by atoms with Crippen LogP contribution in [0, 0.1) is 5.82 Å². The molecule has 0 radical (unpaired) electrons. The number of rotatable bonds is 5. The Bertz CT molecular complexity index is 344. The molecule has 0 saturated carbocycles. The van der Waals surface area contributed by atoms with Gasteiger partial charge in [0.25, 0.3) is 0 Å². The number of alkyl halides is 1. The third kappa shape index (κ3) is 4.04. The van der Waals surface area contributed by atoms with Crippen LogP contribution >= 0.6 is 27.5 Å². The summed E-state index contributed by atoms with van der Waals surface area (Å²) in [6.07, 6.45) is 0. The summed E-state index contributed by atoms with van der Waals surface area (Å²) in [5.74, 6) is -0.234. The van der Waals surface area contributed by atoms with E-state index in [1.54, 1.807) is 6.07 Å². The Balaban J connectivity index is 2.80. The van der Waals surface area contributed by atoms with E-state index < -0.39 is 0 Å². The van der Waals surface area contributed by atoms with Crippen molar-refractivity contribution in [2.24, 2.45) is 0 Å². The van der Waals surface area contributed by atoms with Crippen LogP contribution in [0.15, 0.2) is 18.2 Å². The molecule has 16 heavy (non-hydrogen) atoms. The molecule has 0 spiro atoms. The summed E-state index contributed by atoms with van der Waals surface area (Å²) >= 11 is 9.46. The van der Waals surface area contributed by atoms with Gasteiger partial charge in [0.1, 0.15) is 5.82 Å². The highest BCUT2D eigenvalue weighted by Gasteiger charge is 2.11.